The molecule has 0 aliphatic rings. The number of benzene rings is 1. The fraction of sp³-hybridized carbons (Fsp3) is 0.600. The van der Waals surface area contributed by atoms with Crippen LogP contribution in [0.4, 0.5) is 0 Å². The van der Waals surface area contributed by atoms with E-state index in [1.54, 1.807) is 7.05 Å². The molecular formula is C20H35IN4O3. The van der Waals surface area contributed by atoms with Crippen molar-refractivity contribution in [1.29, 1.82) is 0 Å². The second kappa shape index (κ2) is 15.4. The van der Waals surface area contributed by atoms with Gasteiger partial charge >= 0.3 is 0 Å². The Kier molecular flexibility index (Phi) is 14.5. The van der Waals surface area contributed by atoms with Crippen molar-refractivity contribution in [2.24, 2.45) is 10.9 Å². The summed E-state index contributed by atoms with van der Waals surface area (Å²) in [6.45, 7) is 11.3. The minimum atomic E-state index is -0.00915. The number of rotatable bonds is 11. The molecule has 7 nitrogen and oxygen atoms in total. The van der Waals surface area contributed by atoms with Gasteiger partial charge in [-0.15, -0.1) is 24.0 Å². The third-order valence-electron chi connectivity index (χ3n) is 3.82. The number of hydrogen-bond donors (Lipinski definition) is 3. The quantitative estimate of drug-likeness (QED) is 0.186. The molecule has 160 valence electrons. The smallest absolute Gasteiger partial charge is 0.222 e. The van der Waals surface area contributed by atoms with Crippen LogP contribution < -0.4 is 20.7 Å². The lowest BCUT2D eigenvalue weighted by Gasteiger charge is -2.16. The number of aryl methyl sites for hydroxylation is 1. The highest BCUT2D eigenvalue weighted by atomic mass is 127. The van der Waals surface area contributed by atoms with Crippen LogP contribution in [0.5, 0.6) is 5.75 Å². The number of nitrogens with one attached hydrogen (secondary N) is 3. The molecule has 0 aliphatic carbocycles. The van der Waals surface area contributed by atoms with Crippen molar-refractivity contribution < 1.29 is 14.3 Å². The molecule has 0 aromatic heterocycles. The summed E-state index contributed by atoms with van der Waals surface area (Å²) in [4.78, 5) is 15.8. The Hall–Kier alpha value is -1.55. The summed E-state index contributed by atoms with van der Waals surface area (Å²) in [7, 11) is 1.72. The van der Waals surface area contributed by atoms with E-state index in [1.807, 2.05) is 33.8 Å². The fourth-order valence-corrected chi connectivity index (χ4v) is 2.27. The first kappa shape index (κ1) is 26.4. The first-order valence-corrected chi connectivity index (χ1v) is 9.50. The van der Waals surface area contributed by atoms with E-state index in [0.717, 1.165) is 16.9 Å². The Balaban J connectivity index is 0.00000729. The molecule has 0 saturated carbocycles. The van der Waals surface area contributed by atoms with Gasteiger partial charge in [-0.3, -0.25) is 9.79 Å². The molecule has 0 saturated heterocycles. The van der Waals surface area contributed by atoms with Crippen molar-refractivity contribution in [1.82, 2.24) is 16.0 Å². The second-order valence-electron chi connectivity index (χ2n) is 6.45. The number of nitrogens with zero attached hydrogens (tertiary/aromatic N) is 1. The summed E-state index contributed by atoms with van der Waals surface area (Å²) < 4.78 is 11.2. The van der Waals surface area contributed by atoms with Gasteiger partial charge < -0.3 is 25.4 Å². The highest BCUT2D eigenvalue weighted by Crippen LogP contribution is 2.20. The molecule has 0 spiro atoms. The largest absolute Gasteiger partial charge is 0.491 e. The van der Waals surface area contributed by atoms with Crippen LogP contribution in [-0.2, 0) is 16.1 Å². The van der Waals surface area contributed by atoms with Crippen LogP contribution in [0.25, 0.3) is 0 Å². The van der Waals surface area contributed by atoms with Crippen LogP contribution in [0.3, 0.4) is 0 Å². The summed E-state index contributed by atoms with van der Waals surface area (Å²) >= 11 is 0. The molecule has 0 unspecified atom stereocenters. The van der Waals surface area contributed by atoms with Crippen molar-refractivity contribution in [3.05, 3.63) is 29.3 Å². The molecule has 0 aliphatic heterocycles. The lowest BCUT2D eigenvalue weighted by Crippen LogP contribution is -2.41. The predicted octanol–water partition coefficient (Wildman–Crippen LogP) is 2.47. The Morgan fingerprint density at radius 2 is 1.86 bits per heavy atom. The Bertz CT molecular complexity index is 609. The van der Waals surface area contributed by atoms with Crippen molar-refractivity contribution in [2.75, 3.05) is 40.0 Å². The van der Waals surface area contributed by atoms with Crippen LogP contribution >= 0.6 is 24.0 Å². The number of halogens is 1. The molecule has 0 bridgehead atoms. The molecule has 1 aromatic rings. The Morgan fingerprint density at radius 1 is 1.14 bits per heavy atom. The Labute approximate surface area is 186 Å². The second-order valence-corrected chi connectivity index (χ2v) is 6.45. The van der Waals surface area contributed by atoms with E-state index >= 15 is 0 Å². The average Bonchev–Trinajstić information content (AvgIpc) is 2.65. The highest BCUT2D eigenvalue weighted by molar-refractivity contribution is 14.0. The van der Waals surface area contributed by atoms with Crippen LogP contribution in [-0.4, -0.2) is 51.8 Å². The summed E-state index contributed by atoms with van der Waals surface area (Å²) in [5, 5.41) is 9.33. The summed E-state index contributed by atoms with van der Waals surface area (Å²) in [5.41, 5.74) is 2.20. The maximum Gasteiger partial charge on any atom is 0.222 e. The molecule has 0 fully saturated rings. The molecule has 3 N–H and O–H groups in total. The van der Waals surface area contributed by atoms with Gasteiger partial charge in [0.25, 0.3) is 0 Å². The minimum Gasteiger partial charge on any atom is -0.491 e. The predicted molar refractivity (Wildman–Crippen MR) is 125 cm³/mol. The average molecular weight is 506 g/mol. The summed E-state index contributed by atoms with van der Waals surface area (Å²) in [6.07, 6.45) is 0. The zero-order chi connectivity index (χ0) is 20.1. The zero-order valence-corrected chi connectivity index (χ0v) is 20.0. The lowest BCUT2D eigenvalue weighted by molar-refractivity contribution is -0.123. The van der Waals surface area contributed by atoms with Gasteiger partial charge in [0.1, 0.15) is 12.4 Å². The summed E-state index contributed by atoms with van der Waals surface area (Å²) in [5.74, 6) is 1.56. The van der Waals surface area contributed by atoms with E-state index in [1.165, 1.54) is 0 Å². The molecule has 1 amide bonds. The normalized spacial score (nSPS) is 11.0. The standard InChI is InChI=1S/C20H34N4O3.HI/c1-6-26-11-12-27-18-13-16(4)7-8-17(18)14-24-20(21-5)23-10-9-22-19(25)15(2)3;/h7-8,13,15H,6,9-12,14H2,1-5H3,(H,22,25)(H2,21,23,24);1H. The van der Waals surface area contributed by atoms with Gasteiger partial charge in [-0.25, -0.2) is 0 Å². The number of guanidine groups is 1. The van der Waals surface area contributed by atoms with Crippen LogP contribution in [0.15, 0.2) is 23.2 Å². The fourth-order valence-electron chi connectivity index (χ4n) is 2.27. The number of aliphatic imine (C=N–C) groups is 1. The summed E-state index contributed by atoms with van der Waals surface area (Å²) in [6, 6.07) is 6.14. The lowest BCUT2D eigenvalue weighted by atomic mass is 10.1. The molecule has 1 rings (SSSR count). The van der Waals surface area contributed by atoms with E-state index in [0.29, 0.717) is 45.4 Å². The van der Waals surface area contributed by atoms with E-state index in [-0.39, 0.29) is 35.8 Å². The maximum atomic E-state index is 11.6. The number of hydrogen-bond acceptors (Lipinski definition) is 4. The number of carbonyl (C=O) groups excluding carboxylic acids is 1. The minimum absolute atomic E-state index is 0. The van der Waals surface area contributed by atoms with E-state index in [4.69, 9.17) is 9.47 Å². The van der Waals surface area contributed by atoms with Crippen molar-refractivity contribution >= 4 is 35.8 Å². The Morgan fingerprint density at radius 3 is 2.50 bits per heavy atom. The van der Waals surface area contributed by atoms with Gasteiger partial charge in [-0.1, -0.05) is 26.0 Å². The molecule has 28 heavy (non-hydrogen) atoms. The third-order valence-corrected chi connectivity index (χ3v) is 3.82. The van der Waals surface area contributed by atoms with E-state index in [9.17, 15) is 4.79 Å². The van der Waals surface area contributed by atoms with Gasteiger partial charge in [-0.05, 0) is 25.5 Å². The highest BCUT2D eigenvalue weighted by Gasteiger charge is 2.07. The third kappa shape index (κ3) is 10.7. The van der Waals surface area contributed by atoms with Gasteiger partial charge in [0.2, 0.25) is 5.91 Å². The van der Waals surface area contributed by atoms with Gasteiger partial charge in [0.05, 0.1) is 6.61 Å². The first-order chi connectivity index (χ1) is 13.0. The zero-order valence-electron chi connectivity index (χ0n) is 17.6. The van der Waals surface area contributed by atoms with Crippen molar-refractivity contribution in [2.45, 2.75) is 34.2 Å². The van der Waals surface area contributed by atoms with E-state index in [2.05, 4.69) is 33.1 Å². The molecule has 1 aromatic carbocycles. The topological polar surface area (TPSA) is 84.0 Å². The molecule has 8 heteroatoms. The van der Waals surface area contributed by atoms with Crippen LogP contribution in [0.2, 0.25) is 0 Å². The van der Waals surface area contributed by atoms with Gasteiger partial charge in [0, 0.05) is 44.8 Å². The van der Waals surface area contributed by atoms with Crippen LogP contribution in [0, 0.1) is 12.8 Å². The van der Waals surface area contributed by atoms with Gasteiger partial charge in [-0.2, -0.15) is 0 Å². The monoisotopic (exact) mass is 506 g/mol. The SMILES string of the molecule is CCOCCOc1cc(C)ccc1CNC(=NC)NCCNC(=O)C(C)C.I. The number of ether oxygens (including phenoxy) is 2. The van der Waals surface area contributed by atoms with Crippen molar-refractivity contribution in [3.63, 3.8) is 0 Å². The van der Waals surface area contributed by atoms with E-state index < -0.39 is 0 Å². The molecular weight excluding hydrogens is 471 g/mol. The van der Waals surface area contributed by atoms with Gasteiger partial charge in [0.15, 0.2) is 5.96 Å². The maximum absolute atomic E-state index is 11.6. The molecule has 0 heterocycles. The van der Waals surface area contributed by atoms with Crippen molar-refractivity contribution in [3.8, 4) is 5.75 Å². The molecule has 0 radical (unpaired) electrons. The van der Waals surface area contributed by atoms with Crippen LogP contribution in [0.1, 0.15) is 31.9 Å². The first-order valence-electron chi connectivity index (χ1n) is 9.50. The number of carbonyl (C=O) groups is 1. The number of amides is 1. The molecule has 0 atom stereocenters.